The number of anilines is 1. The molecule has 0 aliphatic carbocycles. The molecule has 0 unspecified atom stereocenters. The van der Waals surface area contributed by atoms with Crippen LogP contribution >= 0.6 is 23.1 Å². The fourth-order valence-corrected chi connectivity index (χ4v) is 6.87. The molecule has 0 saturated carbocycles. The molecule has 0 spiro atoms. The molecule has 2 amide bonds. The maximum Gasteiger partial charge on any atom is 0.242 e. The number of benzene rings is 1. The van der Waals surface area contributed by atoms with Gasteiger partial charge in [0, 0.05) is 28.9 Å². The van der Waals surface area contributed by atoms with E-state index in [-0.39, 0.29) is 34.8 Å². The Bertz CT molecular complexity index is 1260. The highest BCUT2D eigenvalue weighted by atomic mass is 32.2. The molecule has 5 rings (SSSR count). The number of fused-ring (bicyclic) bond motifs is 1. The molecular weight excluding hydrogens is 508 g/mol. The molecule has 1 aromatic carbocycles. The Hall–Kier alpha value is -2.82. The van der Waals surface area contributed by atoms with Crippen LogP contribution in [0, 0.1) is 0 Å². The lowest BCUT2D eigenvalue weighted by Crippen LogP contribution is -2.48. The third-order valence-corrected chi connectivity index (χ3v) is 8.90. The lowest BCUT2D eigenvalue weighted by Gasteiger charge is -2.30. The standard InChI is InChI=1S/C27H32N4O4S2/c1-27(2,3)25-23-24(20-6-5-15-36-20)37-17-22(33)30(16-21(32)29-11-13-35-14-12-29)26(23)31(28-25)18-7-9-19(34-4)10-8-18/h5-10,15,24H,11-14,16-17H2,1-4H3/t24-/m0/s1. The average Bonchev–Trinajstić information content (AvgIpc) is 3.54. The molecule has 0 radical (unpaired) electrons. The number of morpholine rings is 1. The average molecular weight is 541 g/mol. The van der Waals surface area contributed by atoms with E-state index in [2.05, 4.69) is 32.2 Å². The van der Waals surface area contributed by atoms with Gasteiger partial charge in [-0.25, -0.2) is 4.68 Å². The fourth-order valence-electron chi connectivity index (χ4n) is 4.69. The number of carbonyl (C=O) groups is 2. The zero-order chi connectivity index (χ0) is 26.2. The number of methoxy groups -OCH3 is 1. The number of amides is 2. The molecule has 2 aliphatic heterocycles. The third kappa shape index (κ3) is 5.15. The lowest BCUT2D eigenvalue weighted by molar-refractivity contribution is -0.134. The van der Waals surface area contributed by atoms with Gasteiger partial charge in [0.2, 0.25) is 11.8 Å². The van der Waals surface area contributed by atoms with E-state index in [9.17, 15) is 9.59 Å². The molecule has 1 fully saturated rings. The van der Waals surface area contributed by atoms with E-state index >= 15 is 0 Å². The molecular formula is C27H32N4O4S2. The van der Waals surface area contributed by atoms with E-state index in [1.165, 1.54) is 4.88 Å². The van der Waals surface area contributed by atoms with Crippen LogP contribution in [-0.2, 0) is 19.7 Å². The first kappa shape index (κ1) is 25.8. The number of carbonyl (C=O) groups excluding carboxylic acids is 2. The largest absolute Gasteiger partial charge is 0.497 e. The highest BCUT2D eigenvalue weighted by Crippen LogP contribution is 2.49. The van der Waals surface area contributed by atoms with Crippen LogP contribution in [0.1, 0.15) is 42.2 Å². The maximum absolute atomic E-state index is 13.7. The van der Waals surface area contributed by atoms with Gasteiger partial charge >= 0.3 is 0 Å². The van der Waals surface area contributed by atoms with Crippen molar-refractivity contribution in [1.82, 2.24) is 14.7 Å². The van der Waals surface area contributed by atoms with Crippen molar-refractivity contribution < 1.29 is 19.1 Å². The predicted octanol–water partition coefficient (Wildman–Crippen LogP) is 4.27. The Morgan fingerprint density at radius 3 is 2.51 bits per heavy atom. The second-order valence-electron chi connectivity index (χ2n) is 10.1. The Labute approximate surface area is 225 Å². The quantitative estimate of drug-likeness (QED) is 0.481. The van der Waals surface area contributed by atoms with Gasteiger partial charge in [0.05, 0.1) is 42.7 Å². The Morgan fingerprint density at radius 2 is 1.89 bits per heavy atom. The van der Waals surface area contributed by atoms with Gasteiger partial charge in [-0.1, -0.05) is 26.8 Å². The van der Waals surface area contributed by atoms with Crippen LogP contribution in [0.4, 0.5) is 5.82 Å². The number of aromatic nitrogens is 2. The van der Waals surface area contributed by atoms with Crippen molar-refractivity contribution in [3.63, 3.8) is 0 Å². The first-order valence-electron chi connectivity index (χ1n) is 12.4. The van der Waals surface area contributed by atoms with Gasteiger partial charge in [-0.15, -0.1) is 23.1 Å². The molecule has 37 heavy (non-hydrogen) atoms. The summed E-state index contributed by atoms with van der Waals surface area (Å²) in [6.07, 6.45) is 0. The van der Waals surface area contributed by atoms with E-state index in [1.807, 2.05) is 35.0 Å². The second kappa shape index (κ2) is 10.5. The predicted molar refractivity (Wildman–Crippen MR) is 147 cm³/mol. The number of nitrogens with zero attached hydrogens (tertiary/aromatic N) is 4. The Morgan fingerprint density at radius 1 is 1.16 bits per heavy atom. The molecule has 0 N–H and O–H groups in total. The fraction of sp³-hybridized carbons (Fsp3) is 0.444. The van der Waals surface area contributed by atoms with Gasteiger partial charge in [0.1, 0.15) is 18.1 Å². The molecule has 8 nitrogen and oxygen atoms in total. The van der Waals surface area contributed by atoms with Crippen molar-refractivity contribution in [2.75, 3.05) is 50.6 Å². The van der Waals surface area contributed by atoms with Crippen molar-refractivity contribution in [3.8, 4) is 11.4 Å². The van der Waals surface area contributed by atoms with E-state index in [1.54, 1.807) is 40.0 Å². The number of thioether (sulfide) groups is 1. The lowest BCUT2D eigenvalue weighted by atomic mass is 9.88. The van der Waals surface area contributed by atoms with Gasteiger partial charge in [-0.3, -0.25) is 14.5 Å². The van der Waals surface area contributed by atoms with Crippen LogP contribution in [-0.4, -0.2) is 72.2 Å². The van der Waals surface area contributed by atoms with Gasteiger partial charge < -0.3 is 14.4 Å². The van der Waals surface area contributed by atoms with Crippen LogP contribution in [0.2, 0.25) is 0 Å². The first-order valence-corrected chi connectivity index (χ1v) is 14.3. The summed E-state index contributed by atoms with van der Waals surface area (Å²) in [4.78, 5) is 31.7. The van der Waals surface area contributed by atoms with E-state index in [0.29, 0.717) is 32.1 Å². The highest BCUT2D eigenvalue weighted by molar-refractivity contribution is 8.00. The Balaban J connectivity index is 1.70. The molecule has 3 aromatic rings. The number of hydrogen-bond donors (Lipinski definition) is 0. The van der Waals surface area contributed by atoms with Gasteiger partial charge in [-0.2, -0.15) is 5.10 Å². The summed E-state index contributed by atoms with van der Waals surface area (Å²) in [6.45, 7) is 8.48. The van der Waals surface area contributed by atoms with Crippen molar-refractivity contribution in [3.05, 3.63) is 57.9 Å². The van der Waals surface area contributed by atoms with Gasteiger partial charge in [0.15, 0.2) is 0 Å². The zero-order valence-corrected chi connectivity index (χ0v) is 23.2. The molecule has 1 atom stereocenters. The summed E-state index contributed by atoms with van der Waals surface area (Å²) in [5.41, 5.74) is 2.44. The SMILES string of the molecule is COc1ccc(-n2nc(C(C)(C)C)c3c2N(CC(=O)N2CCOCC2)C(=O)CS[C@H]3c2cccs2)cc1. The van der Waals surface area contributed by atoms with Crippen molar-refractivity contribution in [2.24, 2.45) is 0 Å². The van der Waals surface area contributed by atoms with Crippen LogP contribution in [0.5, 0.6) is 5.75 Å². The van der Waals surface area contributed by atoms with Crippen molar-refractivity contribution in [1.29, 1.82) is 0 Å². The monoisotopic (exact) mass is 540 g/mol. The molecule has 1 saturated heterocycles. The van der Waals surface area contributed by atoms with Gasteiger partial charge in [-0.05, 0) is 35.7 Å². The maximum atomic E-state index is 13.7. The summed E-state index contributed by atoms with van der Waals surface area (Å²) in [6, 6.07) is 11.8. The van der Waals surface area contributed by atoms with Crippen LogP contribution in [0.15, 0.2) is 41.8 Å². The summed E-state index contributed by atoms with van der Waals surface area (Å²) in [5, 5.41) is 7.12. The summed E-state index contributed by atoms with van der Waals surface area (Å²) in [7, 11) is 1.63. The minimum Gasteiger partial charge on any atom is -0.497 e. The van der Waals surface area contributed by atoms with Crippen molar-refractivity contribution >= 4 is 40.7 Å². The smallest absolute Gasteiger partial charge is 0.242 e. The molecule has 0 bridgehead atoms. The van der Waals surface area contributed by atoms with Crippen LogP contribution in [0.25, 0.3) is 5.69 Å². The third-order valence-electron chi connectivity index (χ3n) is 6.58. The Kier molecular flexibility index (Phi) is 7.33. The first-order chi connectivity index (χ1) is 17.8. The number of rotatable bonds is 5. The highest BCUT2D eigenvalue weighted by Gasteiger charge is 2.40. The van der Waals surface area contributed by atoms with E-state index < -0.39 is 0 Å². The van der Waals surface area contributed by atoms with Crippen LogP contribution in [0.3, 0.4) is 0 Å². The van der Waals surface area contributed by atoms with Gasteiger partial charge in [0.25, 0.3) is 0 Å². The zero-order valence-electron chi connectivity index (χ0n) is 21.6. The van der Waals surface area contributed by atoms with E-state index in [0.717, 1.165) is 22.7 Å². The molecule has 10 heteroatoms. The minimum absolute atomic E-state index is 0.0328. The number of thiophene rings is 1. The normalized spacial score (nSPS) is 18.5. The molecule has 4 heterocycles. The second-order valence-corrected chi connectivity index (χ2v) is 12.2. The molecule has 196 valence electrons. The summed E-state index contributed by atoms with van der Waals surface area (Å²) in [5.74, 6) is 1.51. The van der Waals surface area contributed by atoms with E-state index in [4.69, 9.17) is 14.6 Å². The summed E-state index contributed by atoms with van der Waals surface area (Å²) < 4.78 is 12.6. The number of hydrogen-bond acceptors (Lipinski definition) is 7. The summed E-state index contributed by atoms with van der Waals surface area (Å²) >= 11 is 3.28. The topological polar surface area (TPSA) is 76.9 Å². The van der Waals surface area contributed by atoms with Crippen molar-refractivity contribution in [2.45, 2.75) is 31.4 Å². The van der Waals surface area contributed by atoms with Crippen LogP contribution < -0.4 is 9.64 Å². The minimum atomic E-state index is -0.287. The number of ether oxygens (including phenoxy) is 2. The molecule has 2 aromatic heterocycles. The molecule has 2 aliphatic rings.